The van der Waals surface area contributed by atoms with Crippen LogP contribution >= 0.6 is 0 Å². The molecule has 64 valence electrons. The van der Waals surface area contributed by atoms with Crippen LogP contribution in [0.2, 0.25) is 11.6 Å². The zero-order chi connectivity index (χ0) is 9.12. The summed E-state index contributed by atoms with van der Waals surface area (Å²) >= 11 is 0. The fourth-order valence-electron chi connectivity index (χ4n) is 0.588. The lowest BCUT2D eigenvalue weighted by atomic mass is 10.1. The smallest absolute Gasteiger partial charge is 0.270 e. The molecule has 0 unspecified atom stereocenters. The molecule has 0 aromatic rings. The minimum absolute atomic E-state index is 0.226. The van der Waals surface area contributed by atoms with Crippen LogP contribution in [0.1, 0.15) is 26.7 Å². The predicted octanol–water partition coefficient (Wildman–Crippen LogP) is 3.08. The van der Waals surface area contributed by atoms with Crippen molar-refractivity contribution in [1.82, 2.24) is 0 Å². The Morgan fingerprint density at radius 2 is 1.91 bits per heavy atom. The summed E-state index contributed by atoms with van der Waals surface area (Å²) < 4.78 is 25.7. The van der Waals surface area contributed by atoms with E-state index >= 15 is 0 Å². The monoisotopic (exact) mass is 177 g/mol. The van der Waals surface area contributed by atoms with Crippen LogP contribution in [0, 0.1) is 11.3 Å². The Morgan fingerprint density at radius 3 is 2.18 bits per heavy atom. The van der Waals surface area contributed by atoms with Crippen molar-refractivity contribution in [1.29, 1.82) is 5.26 Å². The fraction of sp³-hybridized carbons (Fsp3) is 0.857. The maximum Gasteiger partial charge on any atom is 0.427 e. The first-order chi connectivity index (χ1) is 4.81. The van der Waals surface area contributed by atoms with Gasteiger partial charge in [-0.1, -0.05) is 13.8 Å². The highest BCUT2D eigenvalue weighted by Gasteiger charge is 2.46. The summed E-state index contributed by atoms with van der Waals surface area (Å²) in [4.78, 5) is 0. The molecule has 0 N–H and O–H groups in total. The first-order valence-electron chi connectivity index (χ1n) is 3.56. The van der Waals surface area contributed by atoms with Gasteiger partial charge in [-0.05, 0) is 13.0 Å². The molecule has 4 heteroatoms. The third-order valence-corrected chi connectivity index (χ3v) is 4.68. The molecule has 0 aromatic carbocycles. The van der Waals surface area contributed by atoms with Crippen LogP contribution in [0.25, 0.3) is 0 Å². The van der Waals surface area contributed by atoms with Crippen molar-refractivity contribution in [2.45, 2.75) is 38.3 Å². The molecule has 0 aliphatic carbocycles. The van der Waals surface area contributed by atoms with E-state index in [0.29, 0.717) is 6.42 Å². The van der Waals surface area contributed by atoms with Crippen molar-refractivity contribution in [3.8, 4) is 6.07 Å². The topological polar surface area (TPSA) is 23.8 Å². The summed E-state index contributed by atoms with van der Waals surface area (Å²) in [6.07, 6.45) is 0.530. The molecule has 0 spiro atoms. The van der Waals surface area contributed by atoms with Crippen LogP contribution in [0.15, 0.2) is 0 Å². The van der Waals surface area contributed by atoms with Crippen molar-refractivity contribution in [3.63, 3.8) is 0 Å². The summed E-state index contributed by atoms with van der Waals surface area (Å²) in [6, 6.07) is 1.88. The van der Waals surface area contributed by atoms with E-state index in [-0.39, 0.29) is 6.42 Å². The molecule has 0 fully saturated rings. The highest BCUT2D eigenvalue weighted by molar-refractivity contribution is 6.67. The lowest BCUT2D eigenvalue weighted by Gasteiger charge is -2.27. The van der Waals surface area contributed by atoms with Gasteiger partial charge < -0.3 is 0 Å². The zero-order valence-electron chi connectivity index (χ0n) is 7.12. The molecule has 0 saturated heterocycles. The van der Waals surface area contributed by atoms with Gasteiger partial charge in [-0.2, -0.15) is 5.26 Å². The lowest BCUT2D eigenvalue weighted by molar-refractivity contribution is 0.462. The minimum atomic E-state index is -4.07. The number of nitrogens with zero attached hydrogens (tertiary/aromatic N) is 1. The molecule has 11 heavy (non-hydrogen) atoms. The second-order valence-electron chi connectivity index (χ2n) is 3.43. The van der Waals surface area contributed by atoms with Crippen LogP contribution in [0.3, 0.4) is 0 Å². The van der Waals surface area contributed by atoms with E-state index in [0.717, 1.165) is 6.55 Å². The lowest BCUT2D eigenvalue weighted by Crippen LogP contribution is -2.32. The van der Waals surface area contributed by atoms with Crippen LogP contribution in [0.5, 0.6) is 0 Å². The van der Waals surface area contributed by atoms with Gasteiger partial charge in [0.05, 0.1) is 6.07 Å². The molecule has 0 rings (SSSR count). The average molecular weight is 177 g/mol. The molecule has 0 saturated carbocycles. The summed E-state index contributed by atoms with van der Waals surface area (Å²) in [5.74, 6) is 0. The Balaban J connectivity index is 4.13. The van der Waals surface area contributed by atoms with E-state index in [1.165, 1.54) is 13.8 Å². The standard InChI is InChI=1S/C7H13F2NSi/c1-7(2,5-4-6-10)11(3,8)9/h4-5H2,1-3H3. The molecular formula is C7H13F2NSi. The first kappa shape index (κ1) is 10.6. The number of halogens is 2. The quantitative estimate of drug-likeness (QED) is 0.480. The van der Waals surface area contributed by atoms with Gasteiger partial charge in [0, 0.05) is 11.5 Å². The third kappa shape index (κ3) is 2.98. The number of nitriles is 1. The van der Waals surface area contributed by atoms with Crippen LogP contribution in [-0.2, 0) is 0 Å². The van der Waals surface area contributed by atoms with E-state index in [4.69, 9.17) is 5.26 Å². The molecule has 1 nitrogen and oxygen atoms in total. The van der Waals surface area contributed by atoms with E-state index in [1.54, 1.807) is 0 Å². The second kappa shape index (κ2) is 3.31. The molecular weight excluding hydrogens is 164 g/mol. The summed E-state index contributed by atoms with van der Waals surface area (Å²) in [5.41, 5.74) is 0. The fourth-order valence-corrected chi connectivity index (χ4v) is 1.15. The normalized spacial score (nSPS) is 12.7. The van der Waals surface area contributed by atoms with E-state index < -0.39 is 13.8 Å². The van der Waals surface area contributed by atoms with E-state index in [1.807, 2.05) is 6.07 Å². The number of rotatable bonds is 3. The number of hydrogen-bond acceptors (Lipinski definition) is 1. The zero-order valence-corrected chi connectivity index (χ0v) is 8.12. The third-order valence-electron chi connectivity index (χ3n) is 2.05. The summed E-state index contributed by atoms with van der Waals surface area (Å²) in [7, 11) is -4.07. The Bertz CT molecular complexity index is 166. The van der Waals surface area contributed by atoms with Gasteiger partial charge in [-0.3, -0.25) is 8.22 Å². The molecule has 0 aliphatic heterocycles. The minimum Gasteiger partial charge on any atom is -0.270 e. The van der Waals surface area contributed by atoms with Crippen LogP contribution in [0.4, 0.5) is 8.22 Å². The van der Waals surface area contributed by atoms with Crippen molar-refractivity contribution < 1.29 is 8.22 Å². The highest BCUT2D eigenvalue weighted by Crippen LogP contribution is 2.42. The SMILES string of the molecule is CC(C)(CCC#N)[Si](C)(F)F. The maximum absolute atomic E-state index is 12.9. The highest BCUT2D eigenvalue weighted by atomic mass is 28.4. The summed E-state index contributed by atoms with van der Waals surface area (Å²) in [6.45, 7) is 4.11. The van der Waals surface area contributed by atoms with E-state index in [2.05, 4.69) is 0 Å². The molecule has 0 amide bonds. The predicted molar refractivity (Wildman–Crippen MR) is 42.7 cm³/mol. The Hall–Kier alpha value is -0.433. The van der Waals surface area contributed by atoms with Gasteiger partial charge in [0.15, 0.2) is 0 Å². The molecule has 0 aliphatic rings. The van der Waals surface area contributed by atoms with Gasteiger partial charge in [-0.15, -0.1) is 0 Å². The maximum atomic E-state index is 12.9. The Kier molecular flexibility index (Phi) is 3.18. The van der Waals surface area contributed by atoms with Gasteiger partial charge >= 0.3 is 8.74 Å². The largest absolute Gasteiger partial charge is 0.427 e. The molecule has 0 bridgehead atoms. The van der Waals surface area contributed by atoms with Gasteiger partial charge in [0.1, 0.15) is 0 Å². The number of hydrogen-bond donors (Lipinski definition) is 0. The van der Waals surface area contributed by atoms with Crippen LogP contribution in [-0.4, -0.2) is 8.74 Å². The van der Waals surface area contributed by atoms with Crippen molar-refractivity contribution in [3.05, 3.63) is 0 Å². The van der Waals surface area contributed by atoms with Gasteiger partial charge in [0.2, 0.25) is 0 Å². The molecule has 0 heterocycles. The molecule has 0 radical (unpaired) electrons. The van der Waals surface area contributed by atoms with E-state index in [9.17, 15) is 8.22 Å². The van der Waals surface area contributed by atoms with Crippen LogP contribution < -0.4 is 0 Å². The van der Waals surface area contributed by atoms with Gasteiger partial charge in [-0.25, -0.2) is 0 Å². The Morgan fingerprint density at radius 1 is 1.45 bits per heavy atom. The molecule has 0 aromatic heterocycles. The van der Waals surface area contributed by atoms with Crippen molar-refractivity contribution >= 4 is 8.74 Å². The van der Waals surface area contributed by atoms with Crippen molar-refractivity contribution in [2.24, 2.45) is 0 Å². The molecule has 0 atom stereocenters. The first-order valence-corrected chi connectivity index (χ1v) is 5.81. The Labute approximate surface area is 67.4 Å². The average Bonchev–Trinajstić information content (AvgIpc) is 1.81. The summed E-state index contributed by atoms with van der Waals surface area (Å²) in [5, 5.41) is 7.29. The van der Waals surface area contributed by atoms with Gasteiger partial charge in [0.25, 0.3) is 0 Å². The second-order valence-corrected chi connectivity index (χ2v) is 6.56. The van der Waals surface area contributed by atoms with Crippen molar-refractivity contribution in [2.75, 3.05) is 0 Å².